The summed E-state index contributed by atoms with van der Waals surface area (Å²) in [5.74, 6) is -2.00. The average molecular weight is 248 g/mol. The van der Waals surface area contributed by atoms with Crippen molar-refractivity contribution in [2.75, 3.05) is 6.61 Å². The molecule has 0 aliphatic rings. The summed E-state index contributed by atoms with van der Waals surface area (Å²) in [6.45, 7) is -1.24. The zero-order chi connectivity index (χ0) is 12.8. The first-order valence-electron chi connectivity index (χ1n) is 4.91. The van der Waals surface area contributed by atoms with Crippen molar-refractivity contribution < 1.29 is 27.4 Å². The Balaban J connectivity index is 2.77. The van der Waals surface area contributed by atoms with Crippen molar-refractivity contribution in [3.05, 3.63) is 29.6 Å². The molecular weight excluding hydrogens is 237 g/mol. The standard InChI is InChI=1S/C11H11F3O3/c1-2-16-10(15)6-7-3-4-8(12)9(5-7)17-11(13)14/h3-5,11H,2,6H2,1H3. The van der Waals surface area contributed by atoms with Crippen LogP contribution in [0.1, 0.15) is 12.5 Å². The van der Waals surface area contributed by atoms with Gasteiger partial charge >= 0.3 is 12.6 Å². The smallest absolute Gasteiger partial charge is 0.387 e. The lowest BCUT2D eigenvalue weighted by Gasteiger charge is -2.07. The minimum atomic E-state index is -3.11. The number of ether oxygens (including phenoxy) is 2. The van der Waals surface area contributed by atoms with E-state index in [0.717, 1.165) is 12.1 Å². The molecule has 0 saturated carbocycles. The predicted octanol–water partition coefficient (Wildman–Crippen LogP) is 2.53. The van der Waals surface area contributed by atoms with E-state index in [-0.39, 0.29) is 13.0 Å². The molecule has 0 saturated heterocycles. The molecule has 0 unspecified atom stereocenters. The molecule has 0 amide bonds. The van der Waals surface area contributed by atoms with Crippen LogP contribution in [0, 0.1) is 5.82 Å². The Morgan fingerprint density at radius 3 is 2.71 bits per heavy atom. The topological polar surface area (TPSA) is 35.5 Å². The molecule has 1 aromatic rings. The Hall–Kier alpha value is -1.72. The van der Waals surface area contributed by atoms with E-state index in [0.29, 0.717) is 5.56 Å². The van der Waals surface area contributed by atoms with Crippen molar-refractivity contribution in [3.63, 3.8) is 0 Å². The van der Waals surface area contributed by atoms with Gasteiger partial charge in [-0.15, -0.1) is 0 Å². The van der Waals surface area contributed by atoms with Gasteiger partial charge in [-0.3, -0.25) is 4.79 Å². The fraction of sp³-hybridized carbons (Fsp3) is 0.364. The fourth-order valence-electron chi connectivity index (χ4n) is 1.22. The number of alkyl halides is 2. The molecule has 0 fully saturated rings. The number of carbonyl (C=O) groups excluding carboxylic acids is 1. The van der Waals surface area contributed by atoms with E-state index < -0.39 is 24.1 Å². The van der Waals surface area contributed by atoms with Crippen LogP contribution in [0.5, 0.6) is 5.75 Å². The molecule has 0 atom stereocenters. The van der Waals surface area contributed by atoms with Crippen LogP contribution in [0.3, 0.4) is 0 Å². The van der Waals surface area contributed by atoms with Gasteiger partial charge < -0.3 is 9.47 Å². The summed E-state index contributed by atoms with van der Waals surface area (Å²) in [5.41, 5.74) is 0.348. The number of benzene rings is 1. The second-order valence-corrected chi connectivity index (χ2v) is 3.13. The van der Waals surface area contributed by atoms with Gasteiger partial charge in [-0.2, -0.15) is 8.78 Å². The summed E-state index contributed by atoms with van der Waals surface area (Å²) in [7, 11) is 0. The molecule has 0 N–H and O–H groups in total. The highest BCUT2D eigenvalue weighted by Gasteiger charge is 2.12. The molecule has 17 heavy (non-hydrogen) atoms. The molecule has 1 aromatic carbocycles. The number of halogens is 3. The number of hydrogen-bond acceptors (Lipinski definition) is 3. The van der Waals surface area contributed by atoms with Gasteiger partial charge in [-0.1, -0.05) is 6.07 Å². The summed E-state index contributed by atoms with van der Waals surface area (Å²) >= 11 is 0. The van der Waals surface area contributed by atoms with E-state index in [4.69, 9.17) is 0 Å². The molecule has 1 rings (SSSR count). The highest BCUT2D eigenvalue weighted by molar-refractivity contribution is 5.72. The third kappa shape index (κ3) is 4.34. The van der Waals surface area contributed by atoms with Crippen LogP contribution >= 0.6 is 0 Å². The molecule has 0 heterocycles. The molecule has 0 aliphatic heterocycles. The van der Waals surface area contributed by atoms with Gasteiger partial charge in [0.25, 0.3) is 0 Å². The van der Waals surface area contributed by atoms with Crippen LogP contribution in [-0.4, -0.2) is 19.2 Å². The number of esters is 1. The van der Waals surface area contributed by atoms with Gasteiger partial charge in [0.1, 0.15) is 0 Å². The Morgan fingerprint density at radius 2 is 2.12 bits per heavy atom. The first kappa shape index (κ1) is 13.3. The van der Waals surface area contributed by atoms with Crippen molar-refractivity contribution >= 4 is 5.97 Å². The Bertz CT molecular complexity index is 394. The fourth-order valence-corrected chi connectivity index (χ4v) is 1.22. The van der Waals surface area contributed by atoms with Gasteiger partial charge in [0.2, 0.25) is 0 Å². The van der Waals surface area contributed by atoms with Crippen molar-refractivity contribution in [2.45, 2.75) is 20.0 Å². The van der Waals surface area contributed by atoms with Gasteiger partial charge in [-0.05, 0) is 24.6 Å². The summed E-state index contributed by atoms with van der Waals surface area (Å²) in [5, 5.41) is 0. The molecule has 0 bridgehead atoms. The van der Waals surface area contributed by atoms with E-state index in [1.54, 1.807) is 6.92 Å². The molecule has 6 heteroatoms. The number of carbonyl (C=O) groups is 1. The third-order valence-corrected chi connectivity index (χ3v) is 1.87. The van der Waals surface area contributed by atoms with Crippen LogP contribution in [0.25, 0.3) is 0 Å². The number of hydrogen-bond donors (Lipinski definition) is 0. The molecule has 0 aromatic heterocycles. The minimum Gasteiger partial charge on any atom is -0.466 e. The summed E-state index contributed by atoms with van der Waals surface area (Å²) < 4.78 is 45.6. The van der Waals surface area contributed by atoms with Gasteiger partial charge in [-0.25, -0.2) is 4.39 Å². The number of rotatable bonds is 5. The van der Waals surface area contributed by atoms with Gasteiger partial charge in [0, 0.05) is 0 Å². The van der Waals surface area contributed by atoms with Crippen LogP contribution in [0.15, 0.2) is 18.2 Å². The van der Waals surface area contributed by atoms with Crippen LogP contribution < -0.4 is 4.74 Å². The van der Waals surface area contributed by atoms with E-state index in [1.165, 1.54) is 6.07 Å². The van der Waals surface area contributed by atoms with E-state index in [1.807, 2.05) is 0 Å². The summed E-state index contributed by atoms with van der Waals surface area (Å²) in [6.07, 6.45) is -0.117. The zero-order valence-electron chi connectivity index (χ0n) is 9.08. The minimum absolute atomic E-state index is 0.117. The first-order valence-corrected chi connectivity index (χ1v) is 4.91. The average Bonchev–Trinajstić information content (AvgIpc) is 2.22. The zero-order valence-corrected chi connectivity index (χ0v) is 9.08. The Kier molecular flexibility index (Phi) is 4.81. The van der Waals surface area contributed by atoms with Crippen molar-refractivity contribution in [1.82, 2.24) is 0 Å². The van der Waals surface area contributed by atoms with E-state index in [9.17, 15) is 18.0 Å². The van der Waals surface area contributed by atoms with Crippen molar-refractivity contribution in [1.29, 1.82) is 0 Å². The largest absolute Gasteiger partial charge is 0.466 e. The molecule has 3 nitrogen and oxygen atoms in total. The lowest BCUT2D eigenvalue weighted by molar-refractivity contribution is -0.142. The molecular formula is C11H11F3O3. The maximum Gasteiger partial charge on any atom is 0.387 e. The van der Waals surface area contributed by atoms with E-state index in [2.05, 4.69) is 9.47 Å². The van der Waals surface area contributed by atoms with Crippen molar-refractivity contribution in [3.8, 4) is 5.75 Å². The maximum atomic E-state index is 13.0. The predicted molar refractivity (Wildman–Crippen MR) is 53.4 cm³/mol. The first-order chi connectivity index (χ1) is 8.02. The SMILES string of the molecule is CCOC(=O)Cc1ccc(F)c(OC(F)F)c1. The summed E-state index contributed by atoms with van der Waals surface area (Å²) in [6, 6.07) is 3.33. The monoisotopic (exact) mass is 248 g/mol. The summed E-state index contributed by atoms with van der Waals surface area (Å²) in [4.78, 5) is 11.1. The molecule has 0 spiro atoms. The Morgan fingerprint density at radius 1 is 1.41 bits per heavy atom. The second kappa shape index (κ2) is 6.12. The molecule has 0 aliphatic carbocycles. The van der Waals surface area contributed by atoms with Gasteiger partial charge in [0.05, 0.1) is 13.0 Å². The molecule has 94 valence electrons. The lowest BCUT2D eigenvalue weighted by atomic mass is 10.1. The maximum absolute atomic E-state index is 13.0. The van der Waals surface area contributed by atoms with Crippen molar-refractivity contribution in [2.24, 2.45) is 0 Å². The molecule has 0 radical (unpaired) electrons. The lowest BCUT2D eigenvalue weighted by Crippen LogP contribution is -2.09. The van der Waals surface area contributed by atoms with E-state index >= 15 is 0 Å². The highest BCUT2D eigenvalue weighted by atomic mass is 19.3. The third-order valence-electron chi connectivity index (χ3n) is 1.87. The second-order valence-electron chi connectivity index (χ2n) is 3.13. The van der Waals surface area contributed by atoms with Crippen LogP contribution in [0.2, 0.25) is 0 Å². The van der Waals surface area contributed by atoms with Gasteiger partial charge in [0.15, 0.2) is 11.6 Å². The highest BCUT2D eigenvalue weighted by Crippen LogP contribution is 2.21. The normalized spacial score (nSPS) is 10.4. The van der Waals surface area contributed by atoms with Crippen LogP contribution in [0.4, 0.5) is 13.2 Å². The quantitative estimate of drug-likeness (QED) is 0.751. The van der Waals surface area contributed by atoms with Crippen LogP contribution in [-0.2, 0) is 16.0 Å². The Labute approximate surface area is 96.1 Å².